The lowest BCUT2D eigenvalue weighted by Crippen LogP contribution is -2.13. The van der Waals surface area contributed by atoms with Gasteiger partial charge < -0.3 is 14.8 Å². The second kappa shape index (κ2) is 10.2. The van der Waals surface area contributed by atoms with Crippen LogP contribution in [0.5, 0.6) is 11.5 Å². The fraction of sp³-hybridized carbons (Fsp3) is 0.261. The van der Waals surface area contributed by atoms with Gasteiger partial charge in [-0.3, -0.25) is 4.98 Å². The van der Waals surface area contributed by atoms with E-state index in [0.29, 0.717) is 19.8 Å². The first-order chi connectivity index (χ1) is 13.7. The van der Waals surface area contributed by atoms with Crippen molar-refractivity contribution in [3.05, 3.63) is 87.7 Å². The van der Waals surface area contributed by atoms with Crippen LogP contribution in [-0.4, -0.2) is 11.6 Å². The fourth-order valence-electron chi connectivity index (χ4n) is 2.78. The molecule has 0 atom stereocenters. The third kappa shape index (κ3) is 5.81. The molecule has 0 saturated carbocycles. The first kappa shape index (κ1) is 20.4. The number of rotatable bonds is 9. The van der Waals surface area contributed by atoms with E-state index in [2.05, 4.69) is 63.5 Å². The van der Waals surface area contributed by atoms with Gasteiger partial charge in [-0.05, 0) is 48.7 Å². The third-order valence-corrected chi connectivity index (χ3v) is 5.03. The van der Waals surface area contributed by atoms with Crippen molar-refractivity contribution in [1.82, 2.24) is 10.3 Å². The Kier molecular flexibility index (Phi) is 7.46. The molecule has 1 N–H and O–H groups in total. The third-order valence-electron chi connectivity index (χ3n) is 4.29. The van der Waals surface area contributed by atoms with E-state index >= 15 is 0 Å². The van der Waals surface area contributed by atoms with Crippen molar-refractivity contribution in [2.75, 3.05) is 6.61 Å². The van der Waals surface area contributed by atoms with Gasteiger partial charge in [0, 0.05) is 30.0 Å². The van der Waals surface area contributed by atoms with Crippen LogP contribution in [0, 0.1) is 6.92 Å². The summed E-state index contributed by atoms with van der Waals surface area (Å²) in [5.41, 5.74) is 4.65. The van der Waals surface area contributed by atoms with E-state index in [1.165, 1.54) is 5.56 Å². The Balaban J connectivity index is 1.67. The van der Waals surface area contributed by atoms with Crippen molar-refractivity contribution in [3.8, 4) is 11.5 Å². The van der Waals surface area contributed by atoms with Crippen molar-refractivity contribution in [2.45, 2.75) is 33.5 Å². The number of hydrogen-bond donors (Lipinski definition) is 1. The van der Waals surface area contributed by atoms with Gasteiger partial charge in [0.05, 0.1) is 6.61 Å². The van der Waals surface area contributed by atoms with Crippen molar-refractivity contribution < 1.29 is 9.47 Å². The second-order valence-electron chi connectivity index (χ2n) is 6.56. The molecule has 0 aliphatic rings. The predicted molar refractivity (Wildman–Crippen MR) is 116 cm³/mol. The highest BCUT2D eigenvalue weighted by Crippen LogP contribution is 2.34. The second-order valence-corrected chi connectivity index (χ2v) is 7.42. The van der Waals surface area contributed by atoms with Crippen LogP contribution in [0.4, 0.5) is 0 Å². The Morgan fingerprint density at radius 1 is 0.964 bits per heavy atom. The van der Waals surface area contributed by atoms with E-state index in [-0.39, 0.29) is 0 Å². The van der Waals surface area contributed by atoms with Crippen LogP contribution in [0.25, 0.3) is 0 Å². The Morgan fingerprint density at radius 2 is 1.75 bits per heavy atom. The summed E-state index contributed by atoms with van der Waals surface area (Å²) in [6.45, 7) is 6.63. The topological polar surface area (TPSA) is 43.4 Å². The first-order valence-corrected chi connectivity index (χ1v) is 10.2. The van der Waals surface area contributed by atoms with E-state index < -0.39 is 0 Å². The average Bonchev–Trinajstić information content (AvgIpc) is 2.71. The molecule has 3 aromatic rings. The predicted octanol–water partition coefficient (Wildman–Crippen LogP) is 5.42. The Hall–Kier alpha value is -2.37. The summed E-state index contributed by atoms with van der Waals surface area (Å²) in [7, 11) is 0. The van der Waals surface area contributed by atoms with Crippen LogP contribution in [0.2, 0.25) is 0 Å². The number of aromatic nitrogens is 1. The highest BCUT2D eigenvalue weighted by Gasteiger charge is 2.11. The molecule has 5 heteroatoms. The molecule has 0 bridgehead atoms. The maximum Gasteiger partial charge on any atom is 0.162 e. The quantitative estimate of drug-likeness (QED) is 0.482. The standard InChI is InChI=1S/C23H25BrN2O2/c1-3-27-22-11-20(15-26-14-19-5-4-10-25-13-19)21(24)12-23(22)28-16-18-8-6-17(2)7-9-18/h4-13,26H,3,14-16H2,1-2H3. The summed E-state index contributed by atoms with van der Waals surface area (Å²) in [4.78, 5) is 4.14. The molecule has 4 nitrogen and oxygen atoms in total. The number of nitrogens with zero attached hydrogens (tertiary/aromatic N) is 1. The Bertz CT molecular complexity index is 883. The molecule has 1 heterocycles. The number of pyridine rings is 1. The lowest BCUT2D eigenvalue weighted by molar-refractivity contribution is 0.269. The van der Waals surface area contributed by atoms with Crippen LogP contribution in [0.1, 0.15) is 29.2 Å². The monoisotopic (exact) mass is 440 g/mol. The van der Waals surface area contributed by atoms with Gasteiger partial charge in [0.2, 0.25) is 0 Å². The van der Waals surface area contributed by atoms with Crippen LogP contribution in [0.15, 0.2) is 65.4 Å². The van der Waals surface area contributed by atoms with Crippen molar-refractivity contribution >= 4 is 15.9 Å². The summed E-state index contributed by atoms with van der Waals surface area (Å²) in [6, 6.07) is 16.4. The van der Waals surface area contributed by atoms with Gasteiger partial charge in [-0.1, -0.05) is 51.8 Å². The minimum absolute atomic E-state index is 0.505. The molecule has 0 aliphatic heterocycles. The molecule has 3 rings (SSSR count). The van der Waals surface area contributed by atoms with E-state index in [9.17, 15) is 0 Å². The minimum Gasteiger partial charge on any atom is -0.490 e. The largest absolute Gasteiger partial charge is 0.490 e. The maximum absolute atomic E-state index is 6.04. The number of aryl methyl sites for hydroxylation is 1. The zero-order chi connectivity index (χ0) is 19.8. The van der Waals surface area contributed by atoms with Gasteiger partial charge in [0.15, 0.2) is 11.5 Å². The zero-order valence-electron chi connectivity index (χ0n) is 16.2. The van der Waals surface area contributed by atoms with E-state index in [0.717, 1.165) is 39.2 Å². The fourth-order valence-corrected chi connectivity index (χ4v) is 3.25. The number of hydrogen-bond acceptors (Lipinski definition) is 4. The molecule has 0 saturated heterocycles. The number of nitrogens with one attached hydrogen (secondary N) is 1. The molecular weight excluding hydrogens is 416 g/mol. The smallest absolute Gasteiger partial charge is 0.162 e. The summed E-state index contributed by atoms with van der Waals surface area (Å²) >= 11 is 3.67. The molecule has 0 amide bonds. The molecule has 146 valence electrons. The minimum atomic E-state index is 0.505. The summed E-state index contributed by atoms with van der Waals surface area (Å²) < 4.78 is 12.9. The van der Waals surface area contributed by atoms with Crippen molar-refractivity contribution in [2.24, 2.45) is 0 Å². The van der Waals surface area contributed by atoms with E-state index in [1.54, 1.807) is 6.20 Å². The van der Waals surface area contributed by atoms with Crippen LogP contribution in [0.3, 0.4) is 0 Å². The molecule has 2 aromatic carbocycles. The van der Waals surface area contributed by atoms with Crippen LogP contribution in [-0.2, 0) is 19.7 Å². The highest BCUT2D eigenvalue weighted by atomic mass is 79.9. The first-order valence-electron chi connectivity index (χ1n) is 9.39. The summed E-state index contributed by atoms with van der Waals surface area (Å²) in [6.07, 6.45) is 3.65. The average molecular weight is 441 g/mol. The Morgan fingerprint density at radius 3 is 2.46 bits per heavy atom. The normalized spacial score (nSPS) is 10.7. The van der Waals surface area contributed by atoms with Gasteiger partial charge in [-0.2, -0.15) is 0 Å². The zero-order valence-corrected chi connectivity index (χ0v) is 17.8. The van der Waals surface area contributed by atoms with Gasteiger partial charge >= 0.3 is 0 Å². The van der Waals surface area contributed by atoms with Crippen molar-refractivity contribution in [1.29, 1.82) is 0 Å². The maximum atomic E-state index is 6.04. The van der Waals surface area contributed by atoms with Gasteiger partial charge in [-0.15, -0.1) is 0 Å². The molecule has 0 aliphatic carbocycles. The van der Waals surface area contributed by atoms with Gasteiger partial charge in [0.1, 0.15) is 6.61 Å². The molecular formula is C23H25BrN2O2. The van der Waals surface area contributed by atoms with Gasteiger partial charge in [0.25, 0.3) is 0 Å². The van der Waals surface area contributed by atoms with Crippen molar-refractivity contribution in [3.63, 3.8) is 0 Å². The van der Waals surface area contributed by atoms with Crippen LogP contribution < -0.4 is 14.8 Å². The molecule has 1 aromatic heterocycles. The summed E-state index contributed by atoms with van der Waals surface area (Å²) in [5, 5.41) is 3.44. The number of ether oxygens (including phenoxy) is 2. The van der Waals surface area contributed by atoms with E-state index in [4.69, 9.17) is 9.47 Å². The Labute approximate surface area is 175 Å². The van der Waals surface area contributed by atoms with E-state index in [1.807, 2.05) is 31.3 Å². The highest BCUT2D eigenvalue weighted by molar-refractivity contribution is 9.10. The van der Waals surface area contributed by atoms with Gasteiger partial charge in [-0.25, -0.2) is 0 Å². The number of halogens is 1. The molecule has 0 spiro atoms. The number of benzene rings is 2. The molecule has 28 heavy (non-hydrogen) atoms. The lowest BCUT2D eigenvalue weighted by atomic mass is 10.1. The SMILES string of the molecule is CCOc1cc(CNCc2cccnc2)c(Br)cc1OCc1ccc(C)cc1. The lowest BCUT2D eigenvalue weighted by Gasteiger charge is -2.15. The summed E-state index contributed by atoms with van der Waals surface area (Å²) in [5.74, 6) is 1.50. The molecule has 0 fully saturated rings. The molecule has 0 unspecified atom stereocenters. The molecule has 0 radical (unpaired) electrons. The van der Waals surface area contributed by atoms with Crippen LogP contribution >= 0.6 is 15.9 Å².